The molecular weight excluding hydrogens is 555 g/mol. The van der Waals surface area contributed by atoms with E-state index >= 15 is 0 Å². The number of hydrogen-bond acceptors (Lipinski definition) is 5. The molecule has 1 rings (SSSR count). The van der Waals surface area contributed by atoms with Gasteiger partial charge in [0.1, 0.15) is 17.2 Å². The molecule has 0 aromatic heterocycles. The second-order valence-electron chi connectivity index (χ2n) is 18.2. The van der Waals surface area contributed by atoms with Crippen molar-refractivity contribution in [2.45, 2.75) is 192 Å². The number of hydrogen-bond donors (Lipinski definition) is 1. The van der Waals surface area contributed by atoms with E-state index in [1.165, 1.54) is 0 Å². The maximum atomic E-state index is 14.6. The van der Waals surface area contributed by atoms with Gasteiger partial charge >= 0.3 is 0 Å². The molecule has 1 heterocycles. The van der Waals surface area contributed by atoms with Gasteiger partial charge in [-0.15, -0.1) is 0 Å². The summed E-state index contributed by atoms with van der Waals surface area (Å²) < 4.78 is 0. The molecule has 6 heteroatoms. The highest BCUT2D eigenvalue weighted by atomic mass is 16.1. The zero-order chi connectivity index (χ0) is 35.4. The molecule has 0 bridgehead atoms. The van der Waals surface area contributed by atoms with Crippen molar-refractivity contribution in [2.75, 3.05) is 6.54 Å². The van der Waals surface area contributed by atoms with Crippen LogP contribution in [0.25, 0.3) is 0 Å². The Labute approximate surface area is 280 Å². The third-order valence-electron chi connectivity index (χ3n) is 12.8. The summed E-state index contributed by atoms with van der Waals surface area (Å²) in [7, 11) is 0.179. The standard InChI is InChI=1S/C39H75BN2O3/c1-18-29(19-2)31(44)30-24-33(8,9)25-34(10,11)27-42(36(14,15)26-35(30,12)13)39(22-5,23-6)37(16,20-3)32(45)40-41-38(17,21-4)28(7)43/h29-30,40-41H,18-27H2,1-17H3. The minimum atomic E-state index is -0.713. The number of Topliss-reactive ketones (excluding diaryl/α,β-unsaturated/α-hetero) is 2. The van der Waals surface area contributed by atoms with Crippen LogP contribution in [-0.2, 0) is 14.4 Å². The average Bonchev–Trinajstić information content (AvgIpc) is 2.93. The molecule has 45 heavy (non-hydrogen) atoms. The first-order valence-corrected chi connectivity index (χ1v) is 18.5. The maximum absolute atomic E-state index is 14.6. The number of carbonyl (C=O) groups is 3. The normalized spacial score (nSPS) is 24.7. The largest absolute Gasteiger partial charge is 0.341 e. The molecule has 1 N–H and O–H groups in total. The SMILES string of the molecule is CCC(CC)C(=O)C1CC(C)(C)CC(C)(C)CN(C(CC)(CC)C(C)(CC)C(=O)BNC(C)(CC)C(C)=O)C(C)(C)CC1(C)C. The first-order chi connectivity index (χ1) is 20.3. The lowest BCUT2D eigenvalue weighted by Crippen LogP contribution is -2.70. The second-order valence-corrected chi connectivity index (χ2v) is 18.2. The number of carbonyl (C=O) groups excluding carboxylic acids is 3. The van der Waals surface area contributed by atoms with Gasteiger partial charge in [-0.2, -0.15) is 0 Å². The van der Waals surface area contributed by atoms with Crippen LogP contribution in [0.15, 0.2) is 0 Å². The Balaban J connectivity index is 3.95. The van der Waals surface area contributed by atoms with Crippen molar-refractivity contribution in [3.63, 3.8) is 0 Å². The van der Waals surface area contributed by atoms with Crippen LogP contribution in [0, 0.1) is 33.5 Å². The van der Waals surface area contributed by atoms with Crippen LogP contribution >= 0.6 is 0 Å². The minimum Gasteiger partial charge on any atom is -0.341 e. The summed E-state index contributed by atoms with van der Waals surface area (Å²) in [6, 6.07) is 0. The highest BCUT2D eigenvalue weighted by Gasteiger charge is 2.58. The molecule has 0 aliphatic carbocycles. The Morgan fingerprint density at radius 3 is 1.71 bits per heavy atom. The van der Waals surface area contributed by atoms with E-state index in [1.807, 2.05) is 13.8 Å². The van der Waals surface area contributed by atoms with Crippen molar-refractivity contribution < 1.29 is 14.4 Å². The summed E-state index contributed by atoms with van der Waals surface area (Å²) in [5.41, 5.74) is -2.12. The molecule has 0 radical (unpaired) electrons. The van der Waals surface area contributed by atoms with Crippen LogP contribution in [0.5, 0.6) is 0 Å². The van der Waals surface area contributed by atoms with Gasteiger partial charge in [-0.05, 0) is 102 Å². The minimum absolute atomic E-state index is 0.00747. The molecule has 1 saturated heterocycles. The number of ketones is 2. The van der Waals surface area contributed by atoms with Crippen LogP contribution < -0.4 is 5.23 Å². The highest BCUT2D eigenvalue weighted by molar-refractivity contribution is 6.73. The highest BCUT2D eigenvalue weighted by Crippen LogP contribution is 2.55. The molecule has 3 atom stereocenters. The van der Waals surface area contributed by atoms with Crippen molar-refractivity contribution in [2.24, 2.45) is 33.5 Å². The van der Waals surface area contributed by atoms with Crippen LogP contribution in [0.1, 0.15) is 175 Å². The maximum Gasteiger partial charge on any atom is 0.284 e. The Hall–Kier alpha value is -1.01. The van der Waals surface area contributed by atoms with Gasteiger partial charge in [-0.1, -0.05) is 90.0 Å². The van der Waals surface area contributed by atoms with Crippen LogP contribution in [-0.4, -0.2) is 52.7 Å². The van der Waals surface area contributed by atoms with Crippen molar-refractivity contribution in [3.05, 3.63) is 0 Å². The van der Waals surface area contributed by atoms with E-state index in [-0.39, 0.29) is 52.5 Å². The third kappa shape index (κ3) is 8.92. The van der Waals surface area contributed by atoms with Crippen LogP contribution in [0.3, 0.4) is 0 Å². The molecule has 1 aliphatic rings. The number of rotatable bonds is 15. The van der Waals surface area contributed by atoms with Gasteiger partial charge in [-0.25, -0.2) is 0 Å². The molecule has 0 saturated carbocycles. The Bertz CT molecular complexity index is 1020. The Kier molecular flexibility index (Phi) is 14.0. The molecular formula is C39H75BN2O3. The van der Waals surface area contributed by atoms with Gasteiger partial charge in [0.15, 0.2) is 0 Å². The second kappa shape index (κ2) is 15.0. The predicted molar refractivity (Wildman–Crippen MR) is 195 cm³/mol. The zero-order valence-corrected chi connectivity index (χ0v) is 33.1. The molecule has 262 valence electrons. The zero-order valence-electron chi connectivity index (χ0n) is 33.1. The van der Waals surface area contributed by atoms with Gasteiger partial charge in [0.05, 0.1) is 5.54 Å². The summed E-state index contributed by atoms with van der Waals surface area (Å²) in [6.07, 6.45) is 7.61. The molecule has 1 aliphatic heterocycles. The Morgan fingerprint density at radius 1 is 0.800 bits per heavy atom. The van der Waals surface area contributed by atoms with E-state index in [9.17, 15) is 14.4 Å². The molecule has 0 aromatic rings. The van der Waals surface area contributed by atoms with E-state index in [2.05, 4.69) is 107 Å². The summed E-state index contributed by atoms with van der Waals surface area (Å²) in [5, 5.41) is 3.39. The monoisotopic (exact) mass is 631 g/mol. The number of nitrogens with one attached hydrogen (secondary N) is 1. The molecule has 5 nitrogen and oxygen atoms in total. The van der Waals surface area contributed by atoms with E-state index in [0.29, 0.717) is 12.2 Å². The summed E-state index contributed by atoms with van der Waals surface area (Å²) in [6.45, 7) is 38.6. The number of nitrogens with zero attached hydrogens (tertiary/aromatic N) is 1. The lowest BCUT2D eigenvalue weighted by atomic mass is 9.53. The van der Waals surface area contributed by atoms with Gasteiger partial charge < -0.3 is 10.0 Å². The topological polar surface area (TPSA) is 66.5 Å². The van der Waals surface area contributed by atoms with E-state index in [1.54, 1.807) is 6.92 Å². The lowest BCUT2D eigenvalue weighted by Gasteiger charge is -2.63. The van der Waals surface area contributed by atoms with E-state index in [0.717, 1.165) is 57.9 Å². The van der Waals surface area contributed by atoms with Gasteiger partial charge in [0.25, 0.3) is 7.41 Å². The quantitative estimate of drug-likeness (QED) is 0.183. The fourth-order valence-corrected chi connectivity index (χ4v) is 9.88. The molecule has 0 amide bonds. The van der Waals surface area contributed by atoms with Crippen molar-refractivity contribution in [1.29, 1.82) is 0 Å². The Morgan fingerprint density at radius 2 is 1.31 bits per heavy atom. The van der Waals surface area contributed by atoms with Crippen molar-refractivity contribution >= 4 is 24.7 Å². The van der Waals surface area contributed by atoms with Gasteiger partial charge in [0.2, 0.25) is 0 Å². The lowest BCUT2D eigenvalue weighted by molar-refractivity contribution is -0.152. The summed E-state index contributed by atoms with van der Waals surface area (Å²) >= 11 is 0. The summed E-state index contributed by atoms with van der Waals surface area (Å²) in [4.78, 5) is 44.2. The van der Waals surface area contributed by atoms with E-state index in [4.69, 9.17) is 0 Å². The van der Waals surface area contributed by atoms with Crippen LogP contribution in [0.4, 0.5) is 0 Å². The van der Waals surface area contributed by atoms with Crippen LogP contribution in [0.2, 0.25) is 0 Å². The fraction of sp³-hybridized carbons (Fsp3) is 0.923. The predicted octanol–water partition coefficient (Wildman–Crippen LogP) is 9.15. The van der Waals surface area contributed by atoms with Crippen molar-refractivity contribution in [1.82, 2.24) is 10.1 Å². The third-order valence-corrected chi connectivity index (χ3v) is 12.8. The molecule has 0 aromatic carbocycles. The fourth-order valence-electron chi connectivity index (χ4n) is 9.88. The summed E-state index contributed by atoms with van der Waals surface area (Å²) in [5.74, 6) is 0.587. The molecule has 1 fully saturated rings. The first-order valence-electron chi connectivity index (χ1n) is 18.5. The average molecular weight is 631 g/mol. The van der Waals surface area contributed by atoms with Gasteiger partial charge in [0, 0.05) is 34.9 Å². The molecule has 3 unspecified atom stereocenters. The van der Waals surface area contributed by atoms with Gasteiger partial charge in [-0.3, -0.25) is 14.5 Å². The van der Waals surface area contributed by atoms with E-state index < -0.39 is 16.5 Å². The molecule has 0 spiro atoms. The first kappa shape index (κ1) is 42.0. The van der Waals surface area contributed by atoms with Crippen molar-refractivity contribution in [3.8, 4) is 0 Å². The smallest absolute Gasteiger partial charge is 0.284 e.